The Morgan fingerprint density at radius 1 is 1.00 bits per heavy atom. The average Bonchev–Trinajstić information content (AvgIpc) is 2.58. The largest absolute Gasteiger partial charge is 0.507 e. The normalized spacial score (nSPS) is 15.7. The van der Waals surface area contributed by atoms with E-state index in [2.05, 4.69) is 9.71 Å². The monoisotopic (exact) mass is 431 g/mol. The van der Waals surface area contributed by atoms with Gasteiger partial charge < -0.3 is 10.4 Å². The molecule has 30 heavy (non-hydrogen) atoms. The second kappa shape index (κ2) is 6.80. The second-order valence-corrected chi connectivity index (χ2v) is 11.0. The summed E-state index contributed by atoms with van der Waals surface area (Å²) in [7, 11) is -4.14. The van der Waals surface area contributed by atoms with Gasteiger partial charge in [-0.3, -0.25) is 10.1 Å². The van der Waals surface area contributed by atoms with Crippen molar-refractivity contribution in [2.45, 2.75) is 57.3 Å². The molecule has 0 aliphatic carbocycles. The Morgan fingerprint density at radius 3 is 2.00 bits per heavy atom. The van der Waals surface area contributed by atoms with Gasteiger partial charge in [0.15, 0.2) is 5.84 Å². The van der Waals surface area contributed by atoms with Crippen LogP contribution in [0.5, 0.6) is 5.75 Å². The Morgan fingerprint density at radius 2 is 1.53 bits per heavy atom. The fraction of sp³-hybridized carbons (Fsp3) is 0.381. The van der Waals surface area contributed by atoms with E-state index >= 15 is 0 Å². The zero-order chi connectivity index (χ0) is 22.6. The van der Waals surface area contributed by atoms with Crippen LogP contribution in [0.1, 0.15) is 58.2 Å². The maximum Gasteiger partial charge on any atom is 0.286 e. The van der Waals surface area contributed by atoms with Crippen LogP contribution < -0.4 is 5.32 Å². The zero-order valence-electron chi connectivity index (χ0n) is 17.8. The van der Waals surface area contributed by atoms with Crippen LogP contribution >= 0.6 is 0 Å². The van der Waals surface area contributed by atoms with Crippen molar-refractivity contribution >= 4 is 27.2 Å². The molecule has 3 rings (SSSR count). The predicted octanol–water partition coefficient (Wildman–Crippen LogP) is 4.46. The minimum atomic E-state index is -4.14. The molecule has 0 radical (unpaired) electrons. The lowest BCUT2D eigenvalue weighted by Crippen LogP contribution is -2.25. The summed E-state index contributed by atoms with van der Waals surface area (Å²) >= 11 is 0. The van der Waals surface area contributed by atoms with Crippen molar-refractivity contribution < 1.29 is 18.4 Å². The molecule has 0 fully saturated rings. The number of rotatable bonds is 2. The van der Waals surface area contributed by atoms with Crippen molar-refractivity contribution in [2.75, 3.05) is 5.32 Å². The van der Waals surface area contributed by atoms with E-state index in [9.17, 15) is 23.6 Å². The molecule has 1 aliphatic heterocycles. The fourth-order valence-electron chi connectivity index (χ4n) is 3.30. The summed E-state index contributed by atoms with van der Waals surface area (Å²) in [6.45, 7) is 11.7. The lowest BCUT2D eigenvalue weighted by molar-refractivity contribution is -0.385. The molecule has 2 N–H and O–H groups in total. The molecule has 0 atom stereocenters. The first kappa shape index (κ1) is 21.8. The summed E-state index contributed by atoms with van der Waals surface area (Å²) in [4.78, 5) is 10.1. The highest BCUT2D eigenvalue weighted by Crippen LogP contribution is 2.41. The second-order valence-electron chi connectivity index (χ2n) is 9.40. The lowest BCUT2D eigenvalue weighted by atomic mass is 9.78. The number of phenolic OH excluding ortho intramolecular Hbond substituents is 1. The Labute approximate surface area is 175 Å². The van der Waals surface area contributed by atoms with E-state index in [4.69, 9.17) is 0 Å². The molecule has 1 aliphatic rings. The molecule has 0 unspecified atom stereocenters. The van der Waals surface area contributed by atoms with E-state index in [0.29, 0.717) is 16.7 Å². The molecule has 0 aromatic heterocycles. The van der Waals surface area contributed by atoms with Crippen LogP contribution in [0.2, 0.25) is 0 Å². The predicted molar refractivity (Wildman–Crippen MR) is 116 cm³/mol. The van der Waals surface area contributed by atoms with Crippen LogP contribution in [-0.2, 0) is 20.9 Å². The number of phenols is 1. The molecule has 160 valence electrons. The fourth-order valence-corrected chi connectivity index (χ4v) is 4.46. The molecule has 0 saturated carbocycles. The number of anilines is 1. The molecule has 0 spiro atoms. The highest BCUT2D eigenvalue weighted by atomic mass is 32.2. The zero-order valence-corrected chi connectivity index (χ0v) is 18.6. The Bertz CT molecular complexity index is 1150. The van der Waals surface area contributed by atoms with Gasteiger partial charge in [0.25, 0.3) is 15.7 Å². The number of nitrogens with one attached hydrogen (secondary N) is 1. The number of nitro benzene ring substituents is 1. The van der Waals surface area contributed by atoms with E-state index in [1.54, 1.807) is 12.1 Å². The van der Waals surface area contributed by atoms with Gasteiger partial charge >= 0.3 is 0 Å². The van der Waals surface area contributed by atoms with E-state index in [0.717, 1.165) is 6.07 Å². The van der Waals surface area contributed by atoms with Crippen molar-refractivity contribution in [1.82, 2.24) is 0 Å². The third-order valence-electron chi connectivity index (χ3n) is 4.92. The average molecular weight is 432 g/mol. The van der Waals surface area contributed by atoms with Gasteiger partial charge in [-0.15, -0.1) is 4.40 Å². The minimum Gasteiger partial charge on any atom is -0.507 e. The van der Waals surface area contributed by atoms with Crippen LogP contribution in [0.4, 0.5) is 11.4 Å². The molecule has 0 amide bonds. The van der Waals surface area contributed by atoms with Gasteiger partial charge in [0.1, 0.15) is 10.6 Å². The van der Waals surface area contributed by atoms with E-state index in [1.165, 1.54) is 12.1 Å². The van der Waals surface area contributed by atoms with E-state index in [1.807, 2.05) is 41.5 Å². The standard InChI is InChI=1S/C21H25N3O5S/c1-20(2,3)14-9-12(10-15(18(14)25)21(4,5)6)19-22-16-8-7-13(24(26)27)11-17(16)30(28,29)23-19/h7-11,25H,1-6H3,(H,22,23). The van der Waals surface area contributed by atoms with Gasteiger partial charge in [-0.25, -0.2) is 0 Å². The van der Waals surface area contributed by atoms with Gasteiger partial charge in [0.05, 0.1) is 10.6 Å². The number of sulfonamides is 1. The summed E-state index contributed by atoms with van der Waals surface area (Å²) in [5.41, 5.74) is 0.943. The summed E-state index contributed by atoms with van der Waals surface area (Å²) in [6.07, 6.45) is 0. The highest BCUT2D eigenvalue weighted by Gasteiger charge is 2.31. The SMILES string of the molecule is CC(C)(C)c1cc(C2=NS(=O)(=O)c3cc([N+](=O)[O-])ccc3N2)cc(C(C)(C)C)c1O. The molecule has 1 heterocycles. The van der Waals surface area contributed by atoms with Gasteiger partial charge in [-0.05, 0) is 29.0 Å². The minimum absolute atomic E-state index is 0.104. The first-order valence-corrected chi connectivity index (χ1v) is 10.8. The number of non-ortho nitro benzene ring substituents is 1. The number of benzene rings is 2. The van der Waals surface area contributed by atoms with Crippen molar-refractivity contribution in [3.05, 3.63) is 57.1 Å². The number of fused-ring (bicyclic) bond motifs is 1. The van der Waals surface area contributed by atoms with Gasteiger partial charge in [0, 0.05) is 28.8 Å². The molecule has 0 saturated heterocycles. The van der Waals surface area contributed by atoms with Crippen LogP contribution in [-0.4, -0.2) is 24.3 Å². The molecule has 2 aromatic carbocycles. The van der Waals surface area contributed by atoms with Crippen LogP contribution in [0.3, 0.4) is 0 Å². The Kier molecular flexibility index (Phi) is 4.93. The lowest BCUT2D eigenvalue weighted by Gasteiger charge is -2.29. The third kappa shape index (κ3) is 3.89. The first-order valence-electron chi connectivity index (χ1n) is 9.40. The maximum absolute atomic E-state index is 12.8. The van der Waals surface area contributed by atoms with Crippen LogP contribution in [0.15, 0.2) is 39.6 Å². The van der Waals surface area contributed by atoms with E-state index < -0.39 is 25.8 Å². The summed E-state index contributed by atoms with van der Waals surface area (Å²) < 4.78 is 29.4. The molecular formula is C21H25N3O5S. The van der Waals surface area contributed by atoms with Gasteiger partial charge in [-0.2, -0.15) is 8.42 Å². The van der Waals surface area contributed by atoms with E-state index in [-0.39, 0.29) is 27.9 Å². The Hall–Kier alpha value is -2.94. The number of hydrogen-bond acceptors (Lipinski definition) is 6. The smallest absolute Gasteiger partial charge is 0.286 e. The topological polar surface area (TPSA) is 122 Å². The highest BCUT2D eigenvalue weighted by molar-refractivity contribution is 7.90. The summed E-state index contributed by atoms with van der Waals surface area (Å²) in [5, 5.41) is 24.9. The summed E-state index contributed by atoms with van der Waals surface area (Å²) in [6, 6.07) is 7.04. The number of nitro groups is 1. The number of nitrogens with zero attached hydrogens (tertiary/aromatic N) is 2. The quantitative estimate of drug-likeness (QED) is 0.535. The number of aromatic hydroxyl groups is 1. The molecule has 0 bridgehead atoms. The third-order valence-corrected chi connectivity index (χ3v) is 6.23. The van der Waals surface area contributed by atoms with Crippen molar-refractivity contribution in [2.24, 2.45) is 4.40 Å². The van der Waals surface area contributed by atoms with Crippen LogP contribution in [0, 0.1) is 10.1 Å². The molecule has 2 aromatic rings. The molecule has 8 nitrogen and oxygen atoms in total. The van der Waals surface area contributed by atoms with Crippen molar-refractivity contribution in [3.63, 3.8) is 0 Å². The first-order chi connectivity index (χ1) is 13.6. The number of amidine groups is 1. The number of hydrogen-bond donors (Lipinski definition) is 2. The summed E-state index contributed by atoms with van der Waals surface area (Å²) in [5.74, 6) is 0.279. The van der Waals surface area contributed by atoms with Gasteiger partial charge in [0.2, 0.25) is 0 Å². The maximum atomic E-state index is 12.8. The Balaban J connectivity index is 2.23. The van der Waals surface area contributed by atoms with Crippen molar-refractivity contribution in [1.29, 1.82) is 0 Å². The van der Waals surface area contributed by atoms with Crippen LogP contribution in [0.25, 0.3) is 0 Å². The van der Waals surface area contributed by atoms with Crippen molar-refractivity contribution in [3.8, 4) is 5.75 Å². The molecule has 9 heteroatoms. The molecular weight excluding hydrogens is 406 g/mol. The van der Waals surface area contributed by atoms with Gasteiger partial charge in [-0.1, -0.05) is 41.5 Å².